The summed E-state index contributed by atoms with van der Waals surface area (Å²) in [6, 6.07) is 16.2. The standard InChI is InChI=1S/C25H19N3O3/c1-17-4-2-5-18(12-17)6-3-7-21-13-22-23(14-26-21)27-16-28(24(22)29)15-19-8-10-20(11-9-19)25(30)31/h2,4-5,8-14,16H,6,15H2,1H3,(H,30,31). The van der Waals surface area contributed by atoms with Gasteiger partial charge in [-0.2, -0.15) is 0 Å². The van der Waals surface area contributed by atoms with Gasteiger partial charge in [0.2, 0.25) is 0 Å². The van der Waals surface area contributed by atoms with Crippen LogP contribution in [0.3, 0.4) is 0 Å². The summed E-state index contributed by atoms with van der Waals surface area (Å²) in [6.45, 7) is 2.33. The number of hydrogen-bond donors (Lipinski definition) is 1. The Morgan fingerprint density at radius 1 is 1.06 bits per heavy atom. The fraction of sp³-hybridized carbons (Fsp3) is 0.120. The molecule has 0 bridgehead atoms. The van der Waals surface area contributed by atoms with E-state index < -0.39 is 5.97 Å². The van der Waals surface area contributed by atoms with E-state index in [4.69, 9.17) is 5.11 Å². The number of aromatic nitrogens is 3. The van der Waals surface area contributed by atoms with Crippen molar-refractivity contribution in [2.24, 2.45) is 0 Å². The number of fused-ring (bicyclic) bond motifs is 1. The van der Waals surface area contributed by atoms with E-state index in [1.807, 2.05) is 25.1 Å². The molecular formula is C25H19N3O3. The van der Waals surface area contributed by atoms with Crippen LogP contribution in [-0.2, 0) is 13.0 Å². The Kier molecular flexibility index (Phi) is 5.59. The topological polar surface area (TPSA) is 85.1 Å². The quantitative estimate of drug-likeness (QED) is 0.522. The van der Waals surface area contributed by atoms with Crippen LogP contribution in [0.15, 0.2) is 71.9 Å². The maximum atomic E-state index is 12.9. The summed E-state index contributed by atoms with van der Waals surface area (Å²) in [6.07, 6.45) is 3.63. The number of carboxylic acids is 1. The molecule has 2 aromatic carbocycles. The van der Waals surface area contributed by atoms with Crippen molar-refractivity contribution in [3.63, 3.8) is 0 Å². The first kappa shape index (κ1) is 20.0. The molecule has 6 heteroatoms. The van der Waals surface area contributed by atoms with Crippen molar-refractivity contribution >= 4 is 16.9 Å². The van der Waals surface area contributed by atoms with Crippen LogP contribution in [0.2, 0.25) is 0 Å². The van der Waals surface area contributed by atoms with Crippen molar-refractivity contribution < 1.29 is 9.90 Å². The number of rotatable bonds is 4. The van der Waals surface area contributed by atoms with Crippen molar-refractivity contribution in [2.75, 3.05) is 0 Å². The van der Waals surface area contributed by atoms with Crippen molar-refractivity contribution in [1.82, 2.24) is 14.5 Å². The Morgan fingerprint density at radius 3 is 2.61 bits per heavy atom. The number of aryl methyl sites for hydroxylation is 1. The van der Waals surface area contributed by atoms with Crippen LogP contribution in [0.5, 0.6) is 0 Å². The van der Waals surface area contributed by atoms with Gasteiger partial charge in [0.1, 0.15) is 5.69 Å². The maximum Gasteiger partial charge on any atom is 0.335 e. The second-order valence-electron chi connectivity index (χ2n) is 7.23. The van der Waals surface area contributed by atoms with E-state index in [1.54, 1.807) is 24.4 Å². The molecular weight excluding hydrogens is 390 g/mol. The molecule has 4 aromatic rings. The zero-order chi connectivity index (χ0) is 21.8. The Bertz CT molecular complexity index is 1390. The second-order valence-corrected chi connectivity index (χ2v) is 7.23. The van der Waals surface area contributed by atoms with Gasteiger partial charge in [0, 0.05) is 6.42 Å². The lowest BCUT2D eigenvalue weighted by Gasteiger charge is -2.07. The molecule has 1 N–H and O–H groups in total. The van der Waals surface area contributed by atoms with Crippen LogP contribution in [0.25, 0.3) is 10.9 Å². The molecule has 0 unspecified atom stereocenters. The summed E-state index contributed by atoms with van der Waals surface area (Å²) in [4.78, 5) is 32.6. The minimum atomic E-state index is -0.986. The summed E-state index contributed by atoms with van der Waals surface area (Å²) in [5.41, 5.74) is 4.15. The molecule has 0 fully saturated rings. The van der Waals surface area contributed by atoms with E-state index >= 15 is 0 Å². The highest BCUT2D eigenvalue weighted by Gasteiger charge is 2.07. The molecule has 0 aliphatic heterocycles. The zero-order valence-electron chi connectivity index (χ0n) is 16.9. The number of hydrogen-bond acceptors (Lipinski definition) is 4. The first-order valence-electron chi connectivity index (χ1n) is 9.71. The van der Waals surface area contributed by atoms with Crippen molar-refractivity contribution in [2.45, 2.75) is 19.9 Å². The minimum absolute atomic E-state index is 0.198. The van der Waals surface area contributed by atoms with Crippen molar-refractivity contribution in [1.29, 1.82) is 0 Å². The highest BCUT2D eigenvalue weighted by atomic mass is 16.4. The van der Waals surface area contributed by atoms with E-state index in [0.29, 0.717) is 29.6 Å². The lowest BCUT2D eigenvalue weighted by Crippen LogP contribution is -2.21. The molecule has 0 spiro atoms. The third-order valence-corrected chi connectivity index (χ3v) is 4.86. The summed E-state index contributed by atoms with van der Waals surface area (Å²) in [7, 11) is 0. The van der Waals surface area contributed by atoms with Crippen LogP contribution in [-0.4, -0.2) is 25.6 Å². The van der Waals surface area contributed by atoms with E-state index in [0.717, 1.165) is 11.1 Å². The molecule has 152 valence electrons. The van der Waals surface area contributed by atoms with Gasteiger partial charge in [-0.05, 0) is 42.2 Å². The second kappa shape index (κ2) is 8.64. The summed E-state index contributed by atoms with van der Waals surface area (Å²) in [5, 5.41) is 9.45. The smallest absolute Gasteiger partial charge is 0.335 e. The van der Waals surface area contributed by atoms with Gasteiger partial charge >= 0.3 is 5.97 Å². The highest BCUT2D eigenvalue weighted by Crippen LogP contribution is 2.10. The first-order chi connectivity index (χ1) is 15.0. The number of pyridine rings is 1. The van der Waals surface area contributed by atoms with E-state index in [2.05, 4.69) is 27.9 Å². The van der Waals surface area contributed by atoms with Gasteiger partial charge in [-0.3, -0.25) is 9.36 Å². The van der Waals surface area contributed by atoms with Crippen LogP contribution >= 0.6 is 0 Å². The van der Waals surface area contributed by atoms with Gasteiger partial charge in [-0.25, -0.2) is 14.8 Å². The normalized spacial score (nSPS) is 10.5. The third-order valence-electron chi connectivity index (χ3n) is 4.86. The molecule has 0 amide bonds. The molecule has 0 saturated carbocycles. The molecule has 0 aliphatic carbocycles. The first-order valence-corrected chi connectivity index (χ1v) is 9.71. The van der Waals surface area contributed by atoms with E-state index in [1.165, 1.54) is 28.6 Å². The molecule has 0 atom stereocenters. The summed E-state index contributed by atoms with van der Waals surface area (Å²) in [5.74, 6) is 5.15. The fourth-order valence-corrected chi connectivity index (χ4v) is 3.25. The number of aromatic carboxylic acids is 1. The number of carboxylic acid groups (broad SMARTS) is 1. The molecule has 4 rings (SSSR count). The Labute approximate surface area is 178 Å². The molecule has 31 heavy (non-hydrogen) atoms. The average Bonchev–Trinajstić information content (AvgIpc) is 2.76. The lowest BCUT2D eigenvalue weighted by atomic mass is 10.1. The van der Waals surface area contributed by atoms with Gasteiger partial charge < -0.3 is 5.11 Å². The monoisotopic (exact) mass is 409 g/mol. The number of carbonyl (C=O) groups is 1. The van der Waals surface area contributed by atoms with Crippen LogP contribution < -0.4 is 5.56 Å². The minimum Gasteiger partial charge on any atom is -0.478 e. The predicted molar refractivity (Wildman–Crippen MR) is 118 cm³/mol. The van der Waals surface area contributed by atoms with Gasteiger partial charge in [0.15, 0.2) is 0 Å². The van der Waals surface area contributed by atoms with Crippen molar-refractivity contribution in [3.05, 3.63) is 105 Å². The molecule has 0 saturated heterocycles. The SMILES string of the molecule is Cc1cccc(CC#Cc2cc3c(=O)n(Cc4ccc(C(=O)O)cc4)cnc3cn2)c1. The fourth-order valence-electron chi connectivity index (χ4n) is 3.25. The molecule has 0 aliphatic rings. The van der Waals surface area contributed by atoms with Gasteiger partial charge in [-0.1, -0.05) is 47.9 Å². The van der Waals surface area contributed by atoms with Crippen molar-refractivity contribution in [3.8, 4) is 11.8 Å². The highest BCUT2D eigenvalue weighted by molar-refractivity contribution is 5.87. The van der Waals surface area contributed by atoms with Gasteiger partial charge in [0.25, 0.3) is 5.56 Å². The molecule has 2 heterocycles. The third kappa shape index (κ3) is 4.68. The average molecular weight is 409 g/mol. The molecule has 0 radical (unpaired) electrons. The van der Waals surface area contributed by atoms with Crippen LogP contribution in [0, 0.1) is 18.8 Å². The number of benzene rings is 2. The van der Waals surface area contributed by atoms with E-state index in [9.17, 15) is 9.59 Å². The van der Waals surface area contributed by atoms with Crippen LogP contribution in [0.1, 0.15) is 32.7 Å². The van der Waals surface area contributed by atoms with Crippen LogP contribution in [0.4, 0.5) is 0 Å². The summed E-state index contributed by atoms with van der Waals surface area (Å²) >= 11 is 0. The molecule has 6 nitrogen and oxygen atoms in total. The predicted octanol–water partition coefficient (Wildman–Crippen LogP) is 3.44. The Balaban J connectivity index is 1.59. The Hall–Kier alpha value is -4.24. The van der Waals surface area contributed by atoms with Gasteiger partial charge in [-0.15, -0.1) is 0 Å². The lowest BCUT2D eigenvalue weighted by molar-refractivity contribution is 0.0697. The number of nitrogens with zero attached hydrogens (tertiary/aromatic N) is 3. The maximum absolute atomic E-state index is 12.9. The van der Waals surface area contributed by atoms with Gasteiger partial charge in [0.05, 0.1) is 35.5 Å². The largest absolute Gasteiger partial charge is 0.478 e. The summed E-state index contributed by atoms with van der Waals surface area (Å²) < 4.78 is 1.49. The molecule has 2 aromatic heterocycles. The Morgan fingerprint density at radius 2 is 1.87 bits per heavy atom. The zero-order valence-corrected chi connectivity index (χ0v) is 16.9. The van der Waals surface area contributed by atoms with E-state index in [-0.39, 0.29) is 11.1 Å².